The largest absolute Gasteiger partial charge is 0.316 e. The molecule has 1 N–H and O–H groups in total. The van der Waals surface area contributed by atoms with Crippen LogP contribution < -0.4 is 5.32 Å². The molecular weight excluding hydrogens is 224 g/mol. The summed E-state index contributed by atoms with van der Waals surface area (Å²) in [4.78, 5) is 4.56. The standard InChI is InChI=1S/C14H28N4/c1-6-9-15-10-14(4,5)11-18-13(8-3)16-12(7-2)17-18/h15H,6-11H2,1-5H3. The minimum absolute atomic E-state index is 0.206. The first-order chi connectivity index (χ1) is 8.52. The van der Waals surface area contributed by atoms with Gasteiger partial charge in [0.2, 0.25) is 0 Å². The van der Waals surface area contributed by atoms with E-state index in [9.17, 15) is 0 Å². The SMILES string of the molecule is CCCNCC(C)(C)Cn1nc(CC)nc1CC. The Labute approximate surface area is 111 Å². The lowest BCUT2D eigenvalue weighted by atomic mass is 9.93. The third-order valence-corrected chi connectivity index (χ3v) is 3.03. The summed E-state index contributed by atoms with van der Waals surface area (Å²) in [5.74, 6) is 2.07. The van der Waals surface area contributed by atoms with Crippen molar-refractivity contribution < 1.29 is 0 Å². The van der Waals surface area contributed by atoms with Crippen LogP contribution in [0.3, 0.4) is 0 Å². The van der Waals surface area contributed by atoms with Crippen molar-refractivity contribution in [1.29, 1.82) is 0 Å². The first-order valence-corrected chi connectivity index (χ1v) is 7.15. The molecule has 1 rings (SSSR count). The van der Waals surface area contributed by atoms with Crippen LogP contribution in [0.2, 0.25) is 0 Å². The zero-order valence-electron chi connectivity index (χ0n) is 12.6. The van der Waals surface area contributed by atoms with Gasteiger partial charge in [-0.05, 0) is 18.4 Å². The Hall–Kier alpha value is -0.900. The highest BCUT2D eigenvalue weighted by Gasteiger charge is 2.20. The van der Waals surface area contributed by atoms with E-state index in [1.807, 2.05) is 0 Å². The normalized spacial score (nSPS) is 12.1. The lowest BCUT2D eigenvalue weighted by Crippen LogP contribution is -2.34. The van der Waals surface area contributed by atoms with Gasteiger partial charge >= 0.3 is 0 Å². The van der Waals surface area contributed by atoms with E-state index in [1.165, 1.54) is 6.42 Å². The van der Waals surface area contributed by atoms with Crippen molar-refractivity contribution in [2.75, 3.05) is 13.1 Å². The summed E-state index contributed by atoms with van der Waals surface area (Å²) < 4.78 is 2.09. The van der Waals surface area contributed by atoms with Crippen molar-refractivity contribution >= 4 is 0 Å². The van der Waals surface area contributed by atoms with Gasteiger partial charge in [-0.25, -0.2) is 9.67 Å². The van der Waals surface area contributed by atoms with Gasteiger partial charge in [-0.1, -0.05) is 34.6 Å². The van der Waals surface area contributed by atoms with Gasteiger partial charge in [0.15, 0.2) is 5.82 Å². The molecule has 0 bridgehead atoms. The van der Waals surface area contributed by atoms with E-state index in [4.69, 9.17) is 0 Å². The fourth-order valence-corrected chi connectivity index (χ4v) is 2.03. The van der Waals surface area contributed by atoms with Gasteiger partial charge in [0.25, 0.3) is 0 Å². The van der Waals surface area contributed by atoms with Gasteiger partial charge in [0, 0.05) is 25.9 Å². The molecule has 4 heteroatoms. The van der Waals surface area contributed by atoms with Gasteiger partial charge in [0.05, 0.1) is 0 Å². The maximum absolute atomic E-state index is 4.59. The van der Waals surface area contributed by atoms with E-state index in [-0.39, 0.29) is 5.41 Å². The highest BCUT2D eigenvalue weighted by Crippen LogP contribution is 2.17. The number of rotatable bonds is 8. The van der Waals surface area contributed by atoms with Gasteiger partial charge in [-0.15, -0.1) is 0 Å². The van der Waals surface area contributed by atoms with Crippen molar-refractivity contribution in [1.82, 2.24) is 20.1 Å². The molecule has 0 fully saturated rings. The Morgan fingerprint density at radius 1 is 1.17 bits per heavy atom. The number of nitrogens with zero attached hydrogens (tertiary/aromatic N) is 3. The fraction of sp³-hybridized carbons (Fsp3) is 0.857. The summed E-state index contributed by atoms with van der Waals surface area (Å²) in [6, 6.07) is 0. The molecule has 0 aromatic carbocycles. The summed E-state index contributed by atoms with van der Waals surface area (Å²) in [5, 5.41) is 8.08. The Kier molecular flexibility index (Phi) is 5.79. The molecule has 1 aromatic heterocycles. The molecule has 0 aliphatic heterocycles. The topological polar surface area (TPSA) is 42.7 Å². The molecule has 0 radical (unpaired) electrons. The van der Waals surface area contributed by atoms with Gasteiger partial charge in [-0.2, -0.15) is 5.10 Å². The lowest BCUT2D eigenvalue weighted by Gasteiger charge is -2.25. The second kappa shape index (κ2) is 6.88. The average molecular weight is 252 g/mol. The van der Waals surface area contributed by atoms with E-state index < -0.39 is 0 Å². The molecule has 0 saturated heterocycles. The predicted molar refractivity (Wildman–Crippen MR) is 75.7 cm³/mol. The van der Waals surface area contributed by atoms with Crippen molar-refractivity contribution in [3.63, 3.8) is 0 Å². The minimum Gasteiger partial charge on any atom is -0.316 e. The number of nitrogens with one attached hydrogen (secondary N) is 1. The zero-order valence-corrected chi connectivity index (χ0v) is 12.6. The monoisotopic (exact) mass is 252 g/mol. The van der Waals surface area contributed by atoms with Crippen LogP contribution in [0, 0.1) is 5.41 Å². The fourth-order valence-electron chi connectivity index (χ4n) is 2.03. The first kappa shape index (κ1) is 15.2. The first-order valence-electron chi connectivity index (χ1n) is 7.15. The average Bonchev–Trinajstić information content (AvgIpc) is 2.70. The van der Waals surface area contributed by atoms with Crippen molar-refractivity contribution in [3.8, 4) is 0 Å². The molecule has 0 unspecified atom stereocenters. The summed E-state index contributed by atoms with van der Waals surface area (Å²) >= 11 is 0. The molecular formula is C14H28N4. The summed E-state index contributed by atoms with van der Waals surface area (Å²) in [6.07, 6.45) is 3.04. The Morgan fingerprint density at radius 3 is 2.44 bits per heavy atom. The molecule has 0 saturated carbocycles. The molecule has 0 spiro atoms. The van der Waals surface area contributed by atoms with Crippen LogP contribution in [0.15, 0.2) is 0 Å². The predicted octanol–water partition coefficient (Wildman–Crippen LogP) is 2.43. The van der Waals surface area contributed by atoms with Crippen molar-refractivity contribution in [2.45, 2.75) is 60.4 Å². The number of aryl methyl sites for hydroxylation is 2. The van der Waals surface area contributed by atoms with Gasteiger partial charge in [0.1, 0.15) is 5.82 Å². The molecule has 18 heavy (non-hydrogen) atoms. The Balaban J connectivity index is 2.66. The third kappa shape index (κ3) is 4.41. The van der Waals surface area contributed by atoms with Crippen molar-refractivity contribution in [2.24, 2.45) is 5.41 Å². The smallest absolute Gasteiger partial charge is 0.150 e. The van der Waals surface area contributed by atoms with Crippen LogP contribution in [0.1, 0.15) is 52.7 Å². The number of aromatic nitrogens is 3. The summed E-state index contributed by atoms with van der Waals surface area (Å²) in [7, 11) is 0. The molecule has 1 aromatic rings. The van der Waals surface area contributed by atoms with Crippen LogP contribution in [-0.4, -0.2) is 27.9 Å². The van der Waals surface area contributed by atoms with Crippen LogP contribution in [0.25, 0.3) is 0 Å². The molecule has 4 nitrogen and oxygen atoms in total. The van der Waals surface area contributed by atoms with E-state index in [0.717, 1.165) is 44.1 Å². The molecule has 1 heterocycles. The Morgan fingerprint density at radius 2 is 1.89 bits per heavy atom. The lowest BCUT2D eigenvalue weighted by molar-refractivity contribution is 0.272. The molecule has 0 aliphatic carbocycles. The Bertz CT molecular complexity index is 355. The van der Waals surface area contributed by atoms with Crippen LogP contribution >= 0.6 is 0 Å². The second-order valence-electron chi connectivity index (χ2n) is 5.65. The van der Waals surface area contributed by atoms with Gasteiger partial charge < -0.3 is 5.32 Å². The molecule has 0 amide bonds. The summed E-state index contributed by atoms with van der Waals surface area (Å²) in [6.45, 7) is 14.0. The molecule has 104 valence electrons. The maximum atomic E-state index is 4.59. The van der Waals surface area contributed by atoms with Gasteiger partial charge in [-0.3, -0.25) is 0 Å². The van der Waals surface area contributed by atoms with E-state index in [0.29, 0.717) is 0 Å². The van der Waals surface area contributed by atoms with E-state index >= 15 is 0 Å². The van der Waals surface area contributed by atoms with Crippen LogP contribution in [-0.2, 0) is 19.4 Å². The maximum Gasteiger partial charge on any atom is 0.150 e. The summed E-state index contributed by atoms with van der Waals surface area (Å²) in [5.41, 5.74) is 0.206. The highest BCUT2D eigenvalue weighted by atomic mass is 15.3. The zero-order chi connectivity index (χ0) is 13.6. The highest BCUT2D eigenvalue weighted by molar-refractivity contribution is 4.93. The van der Waals surface area contributed by atoms with Crippen molar-refractivity contribution in [3.05, 3.63) is 11.6 Å². The van der Waals surface area contributed by atoms with Crippen LogP contribution in [0.5, 0.6) is 0 Å². The molecule has 0 atom stereocenters. The van der Waals surface area contributed by atoms with E-state index in [2.05, 4.69) is 54.7 Å². The second-order valence-corrected chi connectivity index (χ2v) is 5.65. The minimum atomic E-state index is 0.206. The number of hydrogen-bond donors (Lipinski definition) is 1. The molecule has 0 aliphatic rings. The quantitative estimate of drug-likeness (QED) is 0.723. The third-order valence-electron chi connectivity index (χ3n) is 3.03. The van der Waals surface area contributed by atoms with E-state index in [1.54, 1.807) is 0 Å². The number of hydrogen-bond acceptors (Lipinski definition) is 3. The van der Waals surface area contributed by atoms with Crippen LogP contribution in [0.4, 0.5) is 0 Å².